The number of nitrogens with one attached hydrogen (secondary N) is 2. The van der Waals surface area contributed by atoms with Crippen molar-refractivity contribution in [1.29, 1.82) is 0 Å². The second-order valence-electron chi connectivity index (χ2n) is 6.00. The van der Waals surface area contributed by atoms with E-state index in [1.165, 1.54) is 6.26 Å². The number of carbonyl (C=O) groups is 1. The summed E-state index contributed by atoms with van der Waals surface area (Å²) in [6.07, 6.45) is 3.38. The average Bonchev–Trinajstić information content (AvgIpc) is 3.16. The minimum atomic E-state index is -0.259. The number of ether oxygens (including phenoxy) is 2. The molecule has 1 aromatic heterocycles. The number of hydrogen-bond acceptors (Lipinski definition) is 6. The van der Waals surface area contributed by atoms with E-state index in [0.29, 0.717) is 29.6 Å². The highest BCUT2D eigenvalue weighted by Gasteiger charge is 2.21. The van der Waals surface area contributed by atoms with E-state index >= 15 is 0 Å². The number of benzene rings is 1. The first-order chi connectivity index (χ1) is 12.2. The van der Waals surface area contributed by atoms with Crippen LogP contribution in [0, 0.1) is 0 Å². The number of methoxy groups -OCH3 is 2. The SMILES string of the molecule is COc1cc(CNC(=O)c2coc(C3CCNCC3)n2)cc(OC)c1. The van der Waals surface area contributed by atoms with Crippen molar-refractivity contribution in [2.45, 2.75) is 25.3 Å². The first kappa shape index (κ1) is 17.3. The van der Waals surface area contributed by atoms with Gasteiger partial charge < -0.3 is 24.5 Å². The lowest BCUT2D eigenvalue weighted by Crippen LogP contribution is -2.27. The van der Waals surface area contributed by atoms with Gasteiger partial charge in [0.25, 0.3) is 5.91 Å². The van der Waals surface area contributed by atoms with Crippen LogP contribution in [0.3, 0.4) is 0 Å². The topological polar surface area (TPSA) is 85.6 Å². The Morgan fingerprint density at radius 1 is 1.24 bits per heavy atom. The van der Waals surface area contributed by atoms with Crippen LogP contribution >= 0.6 is 0 Å². The highest BCUT2D eigenvalue weighted by Crippen LogP contribution is 2.25. The molecule has 2 heterocycles. The summed E-state index contributed by atoms with van der Waals surface area (Å²) in [6.45, 7) is 2.25. The van der Waals surface area contributed by atoms with Crippen molar-refractivity contribution in [2.24, 2.45) is 0 Å². The molecule has 0 atom stereocenters. The van der Waals surface area contributed by atoms with Crippen molar-refractivity contribution in [3.63, 3.8) is 0 Å². The predicted molar refractivity (Wildman–Crippen MR) is 92.1 cm³/mol. The van der Waals surface area contributed by atoms with Crippen LogP contribution in [0.5, 0.6) is 11.5 Å². The van der Waals surface area contributed by atoms with E-state index in [1.54, 1.807) is 20.3 Å². The summed E-state index contributed by atoms with van der Waals surface area (Å²) in [5.41, 5.74) is 1.19. The number of hydrogen-bond donors (Lipinski definition) is 2. The monoisotopic (exact) mass is 345 g/mol. The molecule has 3 rings (SSSR count). The fourth-order valence-electron chi connectivity index (χ4n) is 2.89. The van der Waals surface area contributed by atoms with E-state index in [1.807, 2.05) is 12.1 Å². The standard InChI is InChI=1S/C18H23N3O4/c1-23-14-7-12(8-15(9-14)24-2)10-20-17(22)16-11-25-18(21-16)13-3-5-19-6-4-13/h7-9,11,13,19H,3-6,10H2,1-2H3,(H,20,22). The predicted octanol–water partition coefficient (Wildman–Crippen LogP) is 2.09. The van der Waals surface area contributed by atoms with Gasteiger partial charge in [0.1, 0.15) is 17.8 Å². The zero-order chi connectivity index (χ0) is 17.6. The molecule has 0 bridgehead atoms. The lowest BCUT2D eigenvalue weighted by Gasteiger charge is -2.19. The van der Waals surface area contributed by atoms with Gasteiger partial charge in [-0.05, 0) is 43.6 Å². The maximum atomic E-state index is 12.3. The highest BCUT2D eigenvalue weighted by atomic mass is 16.5. The third kappa shape index (κ3) is 4.30. The van der Waals surface area contributed by atoms with Crippen LogP contribution in [0.25, 0.3) is 0 Å². The number of carbonyl (C=O) groups excluding carboxylic acids is 1. The summed E-state index contributed by atoms with van der Waals surface area (Å²) in [5.74, 6) is 2.03. The van der Waals surface area contributed by atoms with Crippen LogP contribution in [0.15, 0.2) is 28.9 Å². The maximum Gasteiger partial charge on any atom is 0.273 e. The van der Waals surface area contributed by atoms with Gasteiger partial charge in [-0.25, -0.2) is 4.98 Å². The summed E-state index contributed by atoms with van der Waals surface area (Å²) in [4.78, 5) is 16.7. The van der Waals surface area contributed by atoms with Crippen molar-refractivity contribution >= 4 is 5.91 Å². The maximum absolute atomic E-state index is 12.3. The fourth-order valence-corrected chi connectivity index (χ4v) is 2.89. The second kappa shape index (κ2) is 8.02. The molecule has 134 valence electrons. The van der Waals surface area contributed by atoms with Gasteiger partial charge in [-0.2, -0.15) is 0 Å². The molecule has 0 spiro atoms. The van der Waals surface area contributed by atoms with Crippen LogP contribution in [0.4, 0.5) is 0 Å². The summed E-state index contributed by atoms with van der Waals surface area (Å²) >= 11 is 0. The summed E-state index contributed by atoms with van der Waals surface area (Å²) in [7, 11) is 3.18. The van der Waals surface area contributed by atoms with E-state index in [-0.39, 0.29) is 11.8 Å². The van der Waals surface area contributed by atoms with Crippen LogP contribution in [0.1, 0.15) is 40.7 Å². The molecular formula is C18H23N3O4. The Morgan fingerprint density at radius 2 is 1.92 bits per heavy atom. The molecule has 0 aliphatic carbocycles. The molecule has 1 saturated heterocycles. The number of aromatic nitrogens is 1. The van der Waals surface area contributed by atoms with E-state index in [4.69, 9.17) is 13.9 Å². The Kier molecular flexibility index (Phi) is 5.55. The van der Waals surface area contributed by atoms with Gasteiger partial charge in [-0.1, -0.05) is 0 Å². The Morgan fingerprint density at radius 3 is 2.56 bits per heavy atom. The van der Waals surface area contributed by atoms with Crippen molar-refractivity contribution in [1.82, 2.24) is 15.6 Å². The quantitative estimate of drug-likeness (QED) is 0.834. The zero-order valence-electron chi connectivity index (χ0n) is 14.5. The minimum absolute atomic E-state index is 0.259. The third-order valence-corrected chi connectivity index (χ3v) is 4.31. The molecule has 2 aromatic rings. The Balaban J connectivity index is 1.62. The average molecular weight is 345 g/mol. The van der Waals surface area contributed by atoms with E-state index in [0.717, 1.165) is 31.5 Å². The molecule has 25 heavy (non-hydrogen) atoms. The normalized spacial score (nSPS) is 15.0. The molecule has 1 aliphatic heterocycles. The number of piperidine rings is 1. The molecule has 1 fully saturated rings. The second-order valence-corrected chi connectivity index (χ2v) is 6.00. The molecule has 1 aromatic carbocycles. The molecule has 1 aliphatic rings. The van der Waals surface area contributed by atoms with Crippen molar-refractivity contribution < 1.29 is 18.7 Å². The van der Waals surface area contributed by atoms with E-state index in [2.05, 4.69) is 15.6 Å². The zero-order valence-corrected chi connectivity index (χ0v) is 14.5. The third-order valence-electron chi connectivity index (χ3n) is 4.31. The van der Waals surface area contributed by atoms with Crippen molar-refractivity contribution in [3.8, 4) is 11.5 Å². The Bertz CT molecular complexity index is 701. The summed E-state index contributed by atoms with van der Waals surface area (Å²) < 4.78 is 16.0. The smallest absolute Gasteiger partial charge is 0.273 e. The first-order valence-electron chi connectivity index (χ1n) is 8.36. The first-order valence-corrected chi connectivity index (χ1v) is 8.36. The summed E-state index contributed by atoms with van der Waals surface area (Å²) in [5, 5.41) is 6.15. The van der Waals surface area contributed by atoms with Gasteiger partial charge >= 0.3 is 0 Å². The van der Waals surface area contributed by atoms with E-state index in [9.17, 15) is 4.79 Å². The van der Waals surface area contributed by atoms with Gasteiger partial charge in [-0.15, -0.1) is 0 Å². The number of amides is 1. The molecule has 7 nitrogen and oxygen atoms in total. The van der Waals surface area contributed by atoms with Gasteiger partial charge in [0.15, 0.2) is 11.6 Å². The Labute approximate surface area is 146 Å². The van der Waals surface area contributed by atoms with Crippen LogP contribution in [-0.4, -0.2) is 38.2 Å². The fraction of sp³-hybridized carbons (Fsp3) is 0.444. The molecule has 0 radical (unpaired) electrons. The van der Waals surface area contributed by atoms with Gasteiger partial charge in [-0.3, -0.25) is 4.79 Å². The lowest BCUT2D eigenvalue weighted by molar-refractivity contribution is 0.0945. The molecule has 2 N–H and O–H groups in total. The van der Waals surface area contributed by atoms with Gasteiger partial charge in [0.05, 0.1) is 14.2 Å². The van der Waals surface area contributed by atoms with E-state index < -0.39 is 0 Å². The number of nitrogens with zero attached hydrogens (tertiary/aromatic N) is 1. The highest BCUT2D eigenvalue weighted by molar-refractivity contribution is 5.91. The molecule has 0 unspecified atom stereocenters. The lowest BCUT2D eigenvalue weighted by atomic mass is 9.98. The van der Waals surface area contributed by atoms with Crippen LogP contribution < -0.4 is 20.1 Å². The number of rotatable bonds is 6. The molecular weight excluding hydrogens is 322 g/mol. The minimum Gasteiger partial charge on any atom is -0.497 e. The summed E-state index contributed by atoms with van der Waals surface area (Å²) in [6, 6.07) is 5.49. The molecule has 0 saturated carbocycles. The molecule has 1 amide bonds. The van der Waals surface area contributed by atoms with Crippen molar-refractivity contribution in [3.05, 3.63) is 41.6 Å². The van der Waals surface area contributed by atoms with Crippen LogP contribution in [-0.2, 0) is 6.54 Å². The van der Waals surface area contributed by atoms with Crippen molar-refractivity contribution in [2.75, 3.05) is 27.3 Å². The Hall–Kier alpha value is -2.54. The molecule has 7 heteroatoms. The van der Waals surface area contributed by atoms with Crippen LogP contribution in [0.2, 0.25) is 0 Å². The number of oxazole rings is 1. The van der Waals surface area contributed by atoms with Gasteiger partial charge in [0.2, 0.25) is 0 Å². The van der Waals surface area contributed by atoms with Gasteiger partial charge in [0, 0.05) is 18.5 Å². The largest absolute Gasteiger partial charge is 0.497 e.